The summed E-state index contributed by atoms with van der Waals surface area (Å²) in [4.78, 5) is 13.7. The lowest BCUT2D eigenvalue weighted by molar-refractivity contribution is 0.0631. The van der Waals surface area contributed by atoms with Gasteiger partial charge in [-0.15, -0.1) is 0 Å². The van der Waals surface area contributed by atoms with Gasteiger partial charge in [-0.3, -0.25) is 4.90 Å². The SMILES string of the molecule is Cc1nc2c3c(ccc2[nH]1)OC[C@H](CN1CC=C(c2c[nH]c4ccccc24)CC1)O3. The van der Waals surface area contributed by atoms with Crippen molar-refractivity contribution in [2.45, 2.75) is 19.4 Å². The lowest BCUT2D eigenvalue weighted by Gasteiger charge is -2.32. The Kier molecular flexibility index (Phi) is 4.06. The highest BCUT2D eigenvalue weighted by molar-refractivity contribution is 5.92. The highest BCUT2D eigenvalue weighted by Gasteiger charge is 2.27. The molecule has 1 atom stereocenters. The molecule has 30 heavy (non-hydrogen) atoms. The van der Waals surface area contributed by atoms with Crippen LogP contribution in [0.3, 0.4) is 0 Å². The zero-order valence-corrected chi connectivity index (χ0v) is 16.9. The van der Waals surface area contributed by atoms with Crippen molar-refractivity contribution in [3.8, 4) is 11.5 Å². The smallest absolute Gasteiger partial charge is 0.189 e. The highest BCUT2D eigenvalue weighted by atomic mass is 16.6. The number of hydrogen-bond acceptors (Lipinski definition) is 4. The molecule has 0 saturated heterocycles. The quantitative estimate of drug-likeness (QED) is 0.539. The fourth-order valence-corrected chi connectivity index (χ4v) is 4.60. The number of fused-ring (bicyclic) bond motifs is 4. The number of nitrogens with one attached hydrogen (secondary N) is 2. The summed E-state index contributed by atoms with van der Waals surface area (Å²) in [6.45, 7) is 5.31. The first-order chi connectivity index (χ1) is 14.7. The zero-order chi connectivity index (χ0) is 20.1. The molecule has 0 radical (unpaired) electrons. The number of nitrogens with zero attached hydrogens (tertiary/aromatic N) is 2. The van der Waals surface area contributed by atoms with E-state index in [0.717, 1.165) is 54.4 Å². The van der Waals surface area contributed by atoms with Crippen LogP contribution < -0.4 is 9.47 Å². The minimum absolute atomic E-state index is 0.00291. The van der Waals surface area contributed by atoms with Crippen LogP contribution in [0.25, 0.3) is 27.5 Å². The summed E-state index contributed by atoms with van der Waals surface area (Å²) < 4.78 is 12.3. The second kappa shape index (κ2) is 6.92. The van der Waals surface area contributed by atoms with Gasteiger partial charge in [0.15, 0.2) is 11.5 Å². The van der Waals surface area contributed by atoms with E-state index in [-0.39, 0.29) is 6.10 Å². The Bertz CT molecular complexity index is 1270. The van der Waals surface area contributed by atoms with Gasteiger partial charge in [-0.05, 0) is 37.1 Å². The summed E-state index contributed by atoms with van der Waals surface area (Å²) in [5, 5.41) is 1.30. The number of ether oxygens (including phenoxy) is 2. The van der Waals surface area contributed by atoms with Crippen molar-refractivity contribution in [3.05, 3.63) is 60.1 Å². The van der Waals surface area contributed by atoms with Crippen molar-refractivity contribution in [1.29, 1.82) is 0 Å². The van der Waals surface area contributed by atoms with Gasteiger partial charge in [0.05, 0.1) is 5.52 Å². The number of H-pyrrole nitrogens is 2. The van der Waals surface area contributed by atoms with Crippen LogP contribution in [0.15, 0.2) is 48.7 Å². The van der Waals surface area contributed by atoms with Crippen LogP contribution in [0.1, 0.15) is 17.8 Å². The summed E-state index contributed by atoms with van der Waals surface area (Å²) in [5.41, 5.74) is 5.79. The van der Waals surface area contributed by atoms with E-state index in [2.05, 4.69) is 56.4 Å². The van der Waals surface area contributed by atoms with Crippen LogP contribution in [-0.2, 0) is 0 Å². The molecule has 0 fully saturated rings. The molecule has 2 aromatic carbocycles. The van der Waals surface area contributed by atoms with Gasteiger partial charge in [0.2, 0.25) is 0 Å². The van der Waals surface area contributed by atoms with E-state index in [1.54, 1.807) is 0 Å². The van der Waals surface area contributed by atoms with Gasteiger partial charge >= 0.3 is 0 Å². The molecule has 0 aliphatic carbocycles. The fraction of sp³-hybridized carbons (Fsp3) is 0.292. The highest BCUT2D eigenvalue weighted by Crippen LogP contribution is 2.38. The van der Waals surface area contributed by atoms with Crippen LogP contribution >= 0.6 is 0 Å². The van der Waals surface area contributed by atoms with Gasteiger partial charge < -0.3 is 19.4 Å². The molecule has 2 aromatic heterocycles. The first-order valence-corrected chi connectivity index (χ1v) is 10.5. The molecule has 2 aliphatic heterocycles. The fourth-order valence-electron chi connectivity index (χ4n) is 4.60. The minimum atomic E-state index is 0.00291. The van der Waals surface area contributed by atoms with Gasteiger partial charge in [-0.2, -0.15) is 0 Å². The molecule has 6 heteroatoms. The Balaban J connectivity index is 1.17. The molecule has 0 bridgehead atoms. The summed E-state index contributed by atoms with van der Waals surface area (Å²) in [6.07, 6.45) is 5.53. The lowest BCUT2D eigenvalue weighted by Crippen LogP contribution is -2.42. The van der Waals surface area contributed by atoms with E-state index in [1.165, 1.54) is 22.0 Å². The summed E-state index contributed by atoms with van der Waals surface area (Å²) >= 11 is 0. The van der Waals surface area contributed by atoms with Crippen molar-refractivity contribution >= 4 is 27.5 Å². The number of para-hydroxylation sites is 1. The number of rotatable bonds is 3. The second-order valence-electron chi connectivity index (χ2n) is 8.15. The maximum Gasteiger partial charge on any atom is 0.189 e. The largest absolute Gasteiger partial charge is 0.486 e. The molecular formula is C24H24N4O2. The van der Waals surface area contributed by atoms with Crippen molar-refractivity contribution < 1.29 is 9.47 Å². The first-order valence-electron chi connectivity index (χ1n) is 10.5. The maximum absolute atomic E-state index is 6.34. The summed E-state index contributed by atoms with van der Waals surface area (Å²) in [5.74, 6) is 2.43. The van der Waals surface area contributed by atoms with Crippen LogP contribution in [0, 0.1) is 6.92 Å². The zero-order valence-electron chi connectivity index (χ0n) is 16.9. The van der Waals surface area contributed by atoms with Crippen LogP contribution in [0.4, 0.5) is 0 Å². The number of imidazole rings is 1. The molecule has 4 heterocycles. The van der Waals surface area contributed by atoms with Crippen LogP contribution in [0.2, 0.25) is 0 Å². The average Bonchev–Trinajstić information content (AvgIpc) is 3.37. The van der Waals surface area contributed by atoms with E-state index in [4.69, 9.17) is 9.47 Å². The van der Waals surface area contributed by atoms with E-state index < -0.39 is 0 Å². The van der Waals surface area contributed by atoms with Crippen molar-refractivity contribution in [2.24, 2.45) is 0 Å². The van der Waals surface area contributed by atoms with Gasteiger partial charge in [-0.25, -0.2) is 4.98 Å². The molecule has 0 saturated carbocycles. The Morgan fingerprint density at radius 3 is 3.00 bits per heavy atom. The standard InChI is InChI=1S/C24H24N4O2/c1-15-26-21-6-7-22-24(23(21)27-15)30-17(14-29-22)13-28-10-8-16(9-11-28)19-12-25-20-5-3-2-4-18(19)20/h2-8,12,17,25H,9-11,13-14H2,1H3,(H,26,27)/t17-/m0/s1. The third kappa shape index (κ3) is 2.95. The van der Waals surface area contributed by atoms with E-state index in [1.807, 2.05) is 19.1 Å². The molecule has 6 nitrogen and oxygen atoms in total. The molecule has 0 spiro atoms. The topological polar surface area (TPSA) is 66.2 Å². The third-order valence-corrected chi connectivity index (χ3v) is 6.09. The van der Waals surface area contributed by atoms with Crippen LogP contribution in [0.5, 0.6) is 11.5 Å². The molecule has 2 N–H and O–H groups in total. The average molecular weight is 400 g/mol. The molecule has 2 aliphatic rings. The normalized spacial score (nSPS) is 19.4. The Labute approximate surface area is 174 Å². The summed E-state index contributed by atoms with van der Waals surface area (Å²) in [6, 6.07) is 12.5. The molecule has 4 aromatic rings. The number of hydrogen-bond donors (Lipinski definition) is 2. The number of aromatic amines is 2. The molecule has 6 rings (SSSR count). The predicted molar refractivity (Wildman–Crippen MR) is 118 cm³/mol. The number of aryl methyl sites for hydroxylation is 1. The third-order valence-electron chi connectivity index (χ3n) is 6.09. The Hall–Kier alpha value is -3.25. The molecule has 0 amide bonds. The van der Waals surface area contributed by atoms with Crippen molar-refractivity contribution in [2.75, 3.05) is 26.2 Å². The maximum atomic E-state index is 6.34. The second-order valence-corrected chi connectivity index (χ2v) is 8.15. The monoisotopic (exact) mass is 400 g/mol. The Morgan fingerprint density at radius 2 is 2.10 bits per heavy atom. The van der Waals surface area contributed by atoms with Gasteiger partial charge in [0.25, 0.3) is 0 Å². The summed E-state index contributed by atoms with van der Waals surface area (Å²) in [7, 11) is 0. The molecular weight excluding hydrogens is 376 g/mol. The van der Waals surface area contributed by atoms with Crippen LogP contribution in [-0.4, -0.2) is 52.2 Å². The van der Waals surface area contributed by atoms with Gasteiger partial charge in [0, 0.05) is 42.3 Å². The van der Waals surface area contributed by atoms with E-state index in [9.17, 15) is 0 Å². The lowest BCUT2D eigenvalue weighted by atomic mass is 9.99. The van der Waals surface area contributed by atoms with Crippen molar-refractivity contribution in [3.63, 3.8) is 0 Å². The first kappa shape index (κ1) is 17.6. The van der Waals surface area contributed by atoms with Gasteiger partial charge in [-0.1, -0.05) is 24.3 Å². The van der Waals surface area contributed by atoms with E-state index >= 15 is 0 Å². The molecule has 0 unspecified atom stereocenters. The van der Waals surface area contributed by atoms with Gasteiger partial charge in [0.1, 0.15) is 24.1 Å². The Morgan fingerprint density at radius 1 is 1.17 bits per heavy atom. The predicted octanol–water partition coefficient (Wildman–Crippen LogP) is 4.28. The molecule has 152 valence electrons. The minimum Gasteiger partial charge on any atom is -0.486 e. The number of aromatic nitrogens is 3. The van der Waals surface area contributed by atoms with E-state index in [0.29, 0.717) is 6.61 Å². The number of benzene rings is 2. The van der Waals surface area contributed by atoms with Crippen molar-refractivity contribution in [1.82, 2.24) is 19.9 Å².